The van der Waals surface area contributed by atoms with Crippen LogP contribution in [0.2, 0.25) is 0 Å². The number of hydrogen-bond donors (Lipinski definition) is 1. The largest absolute Gasteiger partial charge is 0.434 e. The maximum absolute atomic E-state index is 10.2. The lowest BCUT2D eigenvalue weighted by Gasteiger charge is -1.72. The van der Waals surface area contributed by atoms with Crippen molar-refractivity contribution in [3.63, 3.8) is 0 Å². The third-order valence-electron chi connectivity index (χ3n) is 0.643. The van der Waals surface area contributed by atoms with Gasteiger partial charge >= 0.3 is 16.6 Å². The molecule has 0 atom stereocenters. The summed E-state index contributed by atoms with van der Waals surface area (Å²) in [6.07, 6.45) is 0. The van der Waals surface area contributed by atoms with Gasteiger partial charge in [-0.3, -0.25) is 9.59 Å². The first-order valence-corrected chi connectivity index (χ1v) is 1.94. The van der Waals surface area contributed by atoms with Gasteiger partial charge in [0.05, 0.1) is 0 Å². The summed E-state index contributed by atoms with van der Waals surface area (Å²) in [6, 6.07) is 0. The van der Waals surface area contributed by atoms with Gasteiger partial charge in [-0.25, -0.2) is 9.37 Å². The minimum atomic E-state index is -1.31. The number of H-pyrrole nitrogens is 1. The number of nitrogens with one attached hydrogen (secondary N) is 1. The minimum absolute atomic E-state index is 1.12. The van der Waals surface area contributed by atoms with E-state index in [0.717, 1.165) is 0 Å². The third-order valence-corrected chi connectivity index (χ3v) is 0.643. The fourth-order valence-electron chi connectivity index (χ4n) is 0.273. The summed E-state index contributed by atoms with van der Waals surface area (Å²) in [5.74, 6) is 0. The average Bonchev–Trinajstić information content (AvgIpc) is 1.83. The van der Waals surface area contributed by atoms with Crippen LogP contribution in [0.15, 0.2) is 23.6 Å². The van der Waals surface area contributed by atoms with Gasteiger partial charge in [-0.05, 0) is 0 Å². The molecule has 1 heterocycles. The summed E-state index contributed by atoms with van der Waals surface area (Å²) in [6.45, 7) is 0. The van der Waals surface area contributed by atoms with Crippen molar-refractivity contribution in [1.82, 2.24) is 5.16 Å². The highest BCUT2D eigenvalue weighted by atomic mass is 17.0. The van der Waals surface area contributed by atoms with Gasteiger partial charge in [0.2, 0.25) is 0 Å². The second kappa shape index (κ2) is 1.73. The van der Waals surface area contributed by atoms with Gasteiger partial charge in [-0.15, -0.1) is 5.16 Å². The summed E-state index contributed by atoms with van der Waals surface area (Å²) < 4.78 is 7.33. The van der Waals surface area contributed by atoms with Crippen LogP contribution in [0.4, 0.5) is 0 Å². The van der Waals surface area contributed by atoms with Crippen LogP contribution in [0.1, 0.15) is 0 Å². The zero-order valence-corrected chi connectivity index (χ0v) is 4.04. The van der Waals surface area contributed by atoms with Crippen molar-refractivity contribution in [2.75, 3.05) is 0 Å². The molecule has 1 rings (SSSR count). The van der Waals surface area contributed by atoms with Crippen LogP contribution in [0.25, 0.3) is 0 Å². The zero-order chi connectivity index (χ0) is 6.85. The molecule has 1 aromatic heterocycles. The summed E-state index contributed by atoms with van der Waals surface area (Å²) in [4.78, 5) is 30.3. The van der Waals surface area contributed by atoms with Crippen LogP contribution in [0.5, 0.6) is 0 Å². The molecule has 9 heavy (non-hydrogen) atoms. The Kier molecular flexibility index (Phi) is 1.07. The van der Waals surface area contributed by atoms with E-state index in [1.54, 1.807) is 0 Å². The Bertz CT molecular complexity index is 322. The maximum atomic E-state index is 10.2. The molecule has 0 amide bonds. The SMILES string of the molecule is O=c1[nH]ooc(=O)c1=O. The molecule has 6 nitrogen and oxygen atoms in total. The smallest absolute Gasteiger partial charge is 0.275 e. The molecule has 0 aliphatic rings. The van der Waals surface area contributed by atoms with E-state index in [-0.39, 0.29) is 0 Å². The molecule has 0 saturated carbocycles. The third kappa shape index (κ3) is 0.809. The molecule has 0 aromatic carbocycles. The van der Waals surface area contributed by atoms with E-state index < -0.39 is 16.6 Å². The lowest BCUT2D eigenvalue weighted by atomic mass is 10.7. The Balaban J connectivity index is 3.85. The van der Waals surface area contributed by atoms with Crippen molar-refractivity contribution >= 4 is 0 Å². The van der Waals surface area contributed by atoms with Crippen molar-refractivity contribution in [3.8, 4) is 0 Å². The lowest BCUT2D eigenvalue weighted by Crippen LogP contribution is -2.38. The Labute approximate surface area is 46.6 Å². The molecule has 48 valence electrons. The van der Waals surface area contributed by atoms with Gasteiger partial charge in [0.25, 0.3) is 0 Å². The van der Waals surface area contributed by atoms with E-state index in [9.17, 15) is 14.4 Å². The normalized spacial score (nSPS) is 9.33. The summed E-state index contributed by atoms with van der Waals surface area (Å²) in [5.41, 5.74) is -3.69. The Hall–Kier alpha value is -1.59. The van der Waals surface area contributed by atoms with Gasteiger partial charge in [-0.1, -0.05) is 0 Å². The zero-order valence-electron chi connectivity index (χ0n) is 4.04. The number of aromatic amines is 1. The molecule has 0 spiro atoms. The average molecular weight is 131 g/mol. The topological polar surface area (TPSA) is 93.3 Å². The van der Waals surface area contributed by atoms with Crippen molar-refractivity contribution < 1.29 is 9.26 Å². The molecule has 6 heteroatoms. The quantitative estimate of drug-likeness (QED) is 0.334. The van der Waals surface area contributed by atoms with Crippen LogP contribution in [-0.2, 0) is 0 Å². The van der Waals surface area contributed by atoms with Crippen molar-refractivity contribution in [2.24, 2.45) is 0 Å². The van der Waals surface area contributed by atoms with Crippen molar-refractivity contribution in [2.45, 2.75) is 0 Å². The van der Waals surface area contributed by atoms with Gasteiger partial charge in [0.15, 0.2) is 0 Å². The summed E-state index contributed by atoms with van der Waals surface area (Å²) in [7, 11) is 0. The highest BCUT2D eigenvalue weighted by Crippen LogP contribution is 1.50. The summed E-state index contributed by atoms with van der Waals surface area (Å²) >= 11 is 0. The predicted molar refractivity (Wildman–Crippen MR) is 24.1 cm³/mol. The van der Waals surface area contributed by atoms with Crippen LogP contribution >= 0.6 is 0 Å². The van der Waals surface area contributed by atoms with Gasteiger partial charge in [-0.2, -0.15) is 4.68 Å². The van der Waals surface area contributed by atoms with Gasteiger partial charge in [0.1, 0.15) is 0 Å². The van der Waals surface area contributed by atoms with Crippen LogP contribution < -0.4 is 16.6 Å². The molecule has 1 aromatic rings. The Morgan fingerprint density at radius 3 is 2.33 bits per heavy atom. The van der Waals surface area contributed by atoms with E-state index in [0.29, 0.717) is 0 Å². The fraction of sp³-hybridized carbons (Fsp3) is 0. The molecule has 0 bridgehead atoms. The standard InChI is InChI=1S/C3HNO5/c5-1-2(6)4-9-8-3(1)7/h(H,4,6). The van der Waals surface area contributed by atoms with E-state index in [1.807, 2.05) is 0 Å². The predicted octanol–water partition coefficient (Wildman–Crippen LogP) is -1.72. The highest BCUT2D eigenvalue weighted by Gasteiger charge is 1.98. The first-order chi connectivity index (χ1) is 4.22. The molecular formula is C3HNO5. The molecular weight excluding hydrogens is 130 g/mol. The first kappa shape index (κ1) is 5.54. The van der Waals surface area contributed by atoms with Crippen LogP contribution in [0, 0.1) is 0 Å². The van der Waals surface area contributed by atoms with E-state index >= 15 is 0 Å². The molecule has 0 fully saturated rings. The van der Waals surface area contributed by atoms with Gasteiger partial charge in [0, 0.05) is 0 Å². The lowest BCUT2D eigenvalue weighted by molar-refractivity contribution is -0.0325. The van der Waals surface area contributed by atoms with Gasteiger partial charge < -0.3 is 0 Å². The molecule has 0 radical (unpaired) electrons. The van der Waals surface area contributed by atoms with E-state index in [1.165, 1.54) is 5.16 Å². The maximum Gasteiger partial charge on any atom is 0.434 e. The van der Waals surface area contributed by atoms with E-state index in [2.05, 4.69) is 9.26 Å². The van der Waals surface area contributed by atoms with Crippen molar-refractivity contribution in [1.29, 1.82) is 0 Å². The number of hydrogen-bond acceptors (Lipinski definition) is 5. The van der Waals surface area contributed by atoms with E-state index in [4.69, 9.17) is 0 Å². The summed E-state index contributed by atoms with van der Waals surface area (Å²) in [5, 5.41) is 1.53. The molecule has 0 aliphatic heterocycles. The second-order valence-corrected chi connectivity index (χ2v) is 1.21. The number of aromatic nitrogens is 1. The van der Waals surface area contributed by atoms with Crippen molar-refractivity contribution in [3.05, 3.63) is 31.0 Å². The van der Waals surface area contributed by atoms with Crippen LogP contribution in [0.3, 0.4) is 0 Å². The van der Waals surface area contributed by atoms with Crippen LogP contribution in [-0.4, -0.2) is 5.16 Å². The molecule has 0 saturated heterocycles. The Morgan fingerprint density at radius 2 is 1.89 bits per heavy atom. The molecule has 0 unspecified atom stereocenters. The highest BCUT2D eigenvalue weighted by molar-refractivity contribution is 4.74. The molecule has 1 N–H and O–H groups in total. The monoisotopic (exact) mass is 131 g/mol. The second-order valence-electron chi connectivity index (χ2n) is 1.21. The minimum Gasteiger partial charge on any atom is -0.275 e. The molecule has 0 aliphatic carbocycles. The fourth-order valence-corrected chi connectivity index (χ4v) is 0.273. The Morgan fingerprint density at radius 1 is 1.22 bits per heavy atom. The first-order valence-electron chi connectivity index (χ1n) is 1.94. The number of rotatable bonds is 0.